The van der Waals surface area contributed by atoms with Crippen molar-refractivity contribution in [2.75, 3.05) is 31.0 Å². The Kier molecular flexibility index (Phi) is 5.06. The van der Waals surface area contributed by atoms with Gasteiger partial charge in [0.25, 0.3) is 10.0 Å². The van der Waals surface area contributed by atoms with Crippen LogP contribution >= 0.6 is 0 Å². The fraction of sp³-hybridized carbons (Fsp3) is 0.400. The van der Waals surface area contributed by atoms with Crippen molar-refractivity contribution >= 4 is 25.7 Å². The maximum Gasteiger partial charge on any atom is 0.265 e. The lowest BCUT2D eigenvalue weighted by Crippen LogP contribution is -2.40. The molecule has 2 aromatic rings. The standard InChI is InChI=1S/C15H20N4O5S2/c1-12-15(11-18(2)16-12)25(20,21)17-13-4-3-5-14(10-13)26(22,23)19-6-8-24-9-7-19/h3-5,10-11,17H,6-9H2,1-2H3. The van der Waals surface area contributed by atoms with Crippen LogP contribution in [0.25, 0.3) is 0 Å². The molecular formula is C15H20N4O5S2. The van der Waals surface area contributed by atoms with Gasteiger partial charge in [-0.1, -0.05) is 6.07 Å². The Labute approximate surface area is 152 Å². The number of benzene rings is 1. The normalized spacial score (nSPS) is 16.5. The van der Waals surface area contributed by atoms with Crippen LogP contribution < -0.4 is 4.72 Å². The van der Waals surface area contributed by atoms with Crippen LogP contribution in [0.3, 0.4) is 0 Å². The van der Waals surface area contributed by atoms with E-state index in [1.165, 1.54) is 39.4 Å². The predicted molar refractivity (Wildman–Crippen MR) is 94.8 cm³/mol. The number of morpholine rings is 1. The Morgan fingerprint density at radius 2 is 1.85 bits per heavy atom. The maximum absolute atomic E-state index is 12.7. The second-order valence-corrected chi connectivity index (χ2v) is 9.49. The maximum atomic E-state index is 12.7. The van der Waals surface area contributed by atoms with Crippen LogP contribution in [0.15, 0.2) is 40.3 Å². The average Bonchev–Trinajstić information content (AvgIpc) is 2.95. The van der Waals surface area contributed by atoms with Crippen LogP contribution in [-0.4, -0.2) is 57.2 Å². The molecule has 1 fully saturated rings. The summed E-state index contributed by atoms with van der Waals surface area (Å²) in [6.45, 7) is 2.81. The molecule has 9 nitrogen and oxygen atoms in total. The zero-order chi connectivity index (χ0) is 18.9. The van der Waals surface area contributed by atoms with Crippen molar-refractivity contribution in [2.24, 2.45) is 7.05 Å². The van der Waals surface area contributed by atoms with Crippen LogP contribution in [0.1, 0.15) is 5.69 Å². The van der Waals surface area contributed by atoms with E-state index in [0.717, 1.165) is 0 Å². The third kappa shape index (κ3) is 3.75. The third-order valence-electron chi connectivity index (χ3n) is 3.95. The largest absolute Gasteiger partial charge is 0.379 e. The van der Waals surface area contributed by atoms with E-state index in [2.05, 4.69) is 9.82 Å². The number of hydrogen-bond acceptors (Lipinski definition) is 6. The number of sulfonamides is 2. The van der Waals surface area contributed by atoms with Crippen molar-refractivity contribution < 1.29 is 21.6 Å². The van der Waals surface area contributed by atoms with Crippen molar-refractivity contribution in [1.82, 2.24) is 14.1 Å². The average molecular weight is 400 g/mol. The van der Waals surface area contributed by atoms with E-state index in [9.17, 15) is 16.8 Å². The summed E-state index contributed by atoms with van der Waals surface area (Å²) in [6.07, 6.45) is 1.39. The summed E-state index contributed by atoms with van der Waals surface area (Å²) in [5.74, 6) is 0. The lowest BCUT2D eigenvalue weighted by molar-refractivity contribution is 0.0730. The summed E-state index contributed by atoms with van der Waals surface area (Å²) in [6, 6.07) is 5.76. The van der Waals surface area contributed by atoms with Crippen LogP contribution in [0.4, 0.5) is 5.69 Å². The van der Waals surface area contributed by atoms with E-state index in [4.69, 9.17) is 4.74 Å². The fourth-order valence-corrected chi connectivity index (χ4v) is 5.43. The Morgan fingerprint density at radius 3 is 2.46 bits per heavy atom. The van der Waals surface area contributed by atoms with Gasteiger partial charge in [-0.3, -0.25) is 9.40 Å². The molecule has 1 saturated heterocycles. The van der Waals surface area contributed by atoms with Gasteiger partial charge in [-0.2, -0.15) is 9.40 Å². The molecule has 1 N–H and O–H groups in total. The SMILES string of the molecule is Cc1nn(C)cc1S(=O)(=O)Nc1cccc(S(=O)(=O)N2CCOCC2)c1. The van der Waals surface area contributed by atoms with Crippen molar-refractivity contribution in [1.29, 1.82) is 0 Å². The minimum absolute atomic E-state index is 0.0301. The highest BCUT2D eigenvalue weighted by Gasteiger charge is 2.27. The molecule has 0 atom stereocenters. The van der Waals surface area contributed by atoms with E-state index in [1.54, 1.807) is 14.0 Å². The molecule has 0 spiro atoms. The van der Waals surface area contributed by atoms with E-state index >= 15 is 0 Å². The first-order valence-corrected chi connectivity index (χ1v) is 10.8. The first-order valence-electron chi connectivity index (χ1n) is 7.91. The van der Waals surface area contributed by atoms with Gasteiger partial charge in [-0.25, -0.2) is 16.8 Å². The van der Waals surface area contributed by atoms with Gasteiger partial charge in [0.1, 0.15) is 4.90 Å². The Balaban J connectivity index is 1.89. The second-order valence-electron chi connectivity index (χ2n) is 5.90. The fourth-order valence-electron chi connectivity index (χ4n) is 2.71. The van der Waals surface area contributed by atoms with Crippen LogP contribution in [-0.2, 0) is 31.8 Å². The monoisotopic (exact) mass is 400 g/mol. The minimum Gasteiger partial charge on any atom is -0.379 e. The molecule has 2 heterocycles. The molecule has 0 bridgehead atoms. The minimum atomic E-state index is -3.87. The van der Waals surface area contributed by atoms with Crippen LogP contribution in [0.5, 0.6) is 0 Å². The van der Waals surface area contributed by atoms with Gasteiger partial charge in [0.2, 0.25) is 10.0 Å². The van der Waals surface area contributed by atoms with Gasteiger partial charge in [-0.05, 0) is 25.1 Å². The summed E-state index contributed by atoms with van der Waals surface area (Å²) >= 11 is 0. The van der Waals surface area contributed by atoms with Gasteiger partial charge >= 0.3 is 0 Å². The van der Waals surface area contributed by atoms with Crippen molar-refractivity contribution in [3.63, 3.8) is 0 Å². The Hall–Kier alpha value is -1.95. The van der Waals surface area contributed by atoms with E-state index < -0.39 is 20.0 Å². The molecule has 0 saturated carbocycles. The summed E-state index contributed by atoms with van der Waals surface area (Å²) in [5.41, 5.74) is 0.527. The molecule has 26 heavy (non-hydrogen) atoms. The lowest BCUT2D eigenvalue weighted by Gasteiger charge is -2.26. The van der Waals surface area contributed by atoms with Gasteiger partial charge in [-0.15, -0.1) is 0 Å². The molecular weight excluding hydrogens is 380 g/mol. The highest BCUT2D eigenvalue weighted by molar-refractivity contribution is 7.92. The van der Waals surface area contributed by atoms with E-state index in [0.29, 0.717) is 18.9 Å². The molecule has 0 radical (unpaired) electrons. The quantitative estimate of drug-likeness (QED) is 0.785. The van der Waals surface area contributed by atoms with Crippen LogP contribution in [0.2, 0.25) is 0 Å². The van der Waals surface area contributed by atoms with Crippen LogP contribution in [0, 0.1) is 6.92 Å². The van der Waals surface area contributed by atoms with Crippen molar-refractivity contribution in [3.8, 4) is 0 Å². The zero-order valence-corrected chi connectivity index (χ0v) is 16.0. The number of hydrogen-bond donors (Lipinski definition) is 1. The van der Waals surface area contributed by atoms with Gasteiger partial charge in [0, 0.05) is 26.3 Å². The Morgan fingerprint density at radius 1 is 1.15 bits per heavy atom. The number of aromatic nitrogens is 2. The number of ether oxygens (including phenoxy) is 1. The van der Waals surface area contributed by atoms with Crippen molar-refractivity contribution in [3.05, 3.63) is 36.2 Å². The number of rotatable bonds is 5. The highest BCUT2D eigenvalue weighted by Crippen LogP contribution is 2.23. The van der Waals surface area contributed by atoms with E-state index in [1.807, 2.05) is 0 Å². The first-order chi connectivity index (χ1) is 12.2. The zero-order valence-electron chi connectivity index (χ0n) is 14.4. The molecule has 1 aliphatic rings. The lowest BCUT2D eigenvalue weighted by atomic mass is 10.3. The summed E-state index contributed by atoms with van der Waals surface area (Å²) in [7, 11) is -5.95. The molecule has 11 heteroatoms. The highest BCUT2D eigenvalue weighted by atomic mass is 32.2. The number of aryl methyl sites for hydroxylation is 2. The molecule has 3 rings (SSSR count). The molecule has 0 aliphatic carbocycles. The van der Waals surface area contributed by atoms with Gasteiger partial charge in [0.15, 0.2) is 0 Å². The topological polar surface area (TPSA) is 111 Å². The number of nitrogens with zero attached hydrogens (tertiary/aromatic N) is 3. The second kappa shape index (κ2) is 6.99. The summed E-state index contributed by atoms with van der Waals surface area (Å²) < 4.78 is 60.9. The Bertz CT molecular complexity index is 1010. The number of anilines is 1. The molecule has 1 aromatic heterocycles. The van der Waals surface area contributed by atoms with E-state index in [-0.39, 0.29) is 28.6 Å². The van der Waals surface area contributed by atoms with Gasteiger partial charge in [0.05, 0.1) is 29.5 Å². The molecule has 1 aromatic carbocycles. The predicted octanol–water partition coefficient (Wildman–Crippen LogP) is 0.550. The first kappa shape index (κ1) is 18.8. The summed E-state index contributed by atoms with van der Waals surface area (Å²) in [4.78, 5) is 0.0731. The molecule has 0 amide bonds. The van der Waals surface area contributed by atoms with Gasteiger partial charge < -0.3 is 4.74 Å². The molecule has 1 aliphatic heterocycles. The summed E-state index contributed by atoms with van der Waals surface area (Å²) in [5, 5.41) is 4.02. The molecule has 0 unspecified atom stereocenters. The number of nitrogens with one attached hydrogen (secondary N) is 1. The molecule has 142 valence electrons. The van der Waals surface area contributed by atoms with Crippen molar-refractivity contribution in [2.45, 2.75) is 16.7 Å². The smallest absolute Gasteiger partial charge is 0.265 e. The third-order valence-corrected chi connectivity index (χ3v) is 7.33.